The summed E-state index contributed by atoms with van der Waals surface area (Å²) in [5.41, 5.74) is 2.87. The van der Waals surface area contributed by atoms with Crippen LogP contribution in [0.3, 0.4) is 0 Å². The summed E-state index contributed by atoms with van der Waals surface area (Å²) < 4.78 is 13.6. The number of hydrogen-bond acceptors (Lipinski definition) is 1. The average molecular weight is 334 g/mol. The third-order valence-electron chi connectivity index (χ3n) is 4.62. The van der Waals surface area contributed by atoms with E-state index in [4.69, 9.17) is 23.2 Å². The van der Waals surface area contributed by atoms with Crippen LogP contribution in [0.1, 0.15) is 29.5 Å². The number of benzene rings is 2. The Morgan fingerprint density at radius 1 is 1.09 bits per heavy atom. The number of allylic oxidation sites excluding steroid dienone is 2. The molecule has 1 nitrogen and oxygen atoms in total. The Morgan fingerprint density at radius 3 is 2.73 bits per heavy atom. The molecule has 1 aliphatic heterocycles. The Morgan fingerprint density at radius 2 is 1.91 bits per heavy atom. The number of nitrogens with one attached hydrogen (secondary N) is 1. The average Bonchev–Trinajstić information content (AvgIpc) is 2.99. The third kappa shape index (κ3) is 2.13. The minimum Gasteiger partial charge on any atom is -0.376 e. The number of rotatable bonds is 1. The first kappa shape index (κ1) is 14.1. The lowest BCUT2D eigenvalue weighted by Gasteiger charge is -2.38. The van der Waals surface area contributed by atoms with Crippen molar-refractivity contribution in [2.45, 2.75) is 18.4 Å². The van der Waals surface area contributed by atoms with Crippen LogP contribution in [-0.4, -0.2) is 0 Å². The van der Waals surface area contributed by atoms with Crippen LogP contribution in [0.5, 0.6) is 0 Å². The van der Waals surface area contributed by atoms with E-state index in [-0.39, 0.29) is 17.8 Å². The van der Waals surface area contributed by atoms with Crippen molar-refractivity contribution >= 4 is 28.9 Å². The molecule has 3 atom stereocenters. The van der Waals surface area contributed by atoms with Crippen molar-refractivity contribution in [2.75, 3.05) is 5.32 Å². The fourth-order valence-electron chi connectivity index (χ4n) is 3.66. The van der Waals surface area contributed by atoms with Gasteiger partial charge in [-0.3, -0.25) is 0 Å². The molecule has 0 unspecified atom stereocenters. The van der Waals surface area contributed by atoms with Gasteiger partial charge in [0.2, 0.25) is 0 Å². The van der Waals surface area contributed by atoms with Crippen LogP contribution in [0.2, 0.25) is 10.0 Å². The fourth-order valence-corrected chi connectivity index (χ4v) is 4.16. The van der Waals surface area contributed by atoms with Crippen molar-refractivity contribution in [3.8, 4) is 0 Å². The van der Waals surface area contributed by atoms with Crippen molar-refractivity contribution in [3.05, 3.63) is 75.5 Å². The molecule has 0 fully saturated rings. The second-order valence-corrected chi connectivity index (χ2v) is 6.66. The fraction of sp³-hybridized carbons (Fsp3) is 0.222. The Labute approximate surface area is 138 Å². The maximum absolute atomic E-state index is 13.6. The molecular weight excluding hydrogens is 320 g/mol. The highest BCUT2D eigenvalue weighted by atomic mass is 35.5. The molecule has 0 aromatic heterocycles. The predicted octanol–water partition coefficient (Wildman–Crippen LogP) is 5.96. The molecular formula is C18H14Cl2FN. The number of fused-ring (bicyclic) bond motifs is 3. The maximum Gasteiger partial charge on any atom is 0.123 e. The van der Waals surface area contributed by atoms with Gasteiger partial charge >= 0.3 is 0 Å². The Hall–Kier alpha value is -1.51. The van der Waals surface area contributed by atoms with E-state index in [2.05, 4.69) is 17.5 Å². The van der Waals surface area contributed by atoms with Gasteiger partial charge in [0.25, 0.3) is 0 Å². The normalized spacial score (nSPS) is 25.5. The van der Waals surface area contributed by atoms with Gasteiger partial charge in [-0.05, 0) is 42.2 Å². The zero-order valence-electron chi connectivity index (χ0n) is 11.7. The molecule has 0 saturated carbocycles. The van der Waals surface area contributed by atoms with Crippen LogP contribution >= 0.6 is 23.2 Å². The Bertz CT molecular complexity index is 772. The van der Waals surface area contributed by atoms with Crippen molar-refractivity contribution in [1.82, 2.24) is 0 Å². The lowest BCUT2D eigenvalue weighted by atomic mass is 9.77. The van der Waals surface area contributed by atoms with Gasteiger partial charge in [0.1, 0.15) is 5.82 Å². The van der Waals surface area contributed by atoms with Crippen molar-refractivity contribution in [1.29, 1.82) is 0 Å². The molecule has 4 rings (SSSR count). The first-order chi connectivity index (χ1) is 10.6. The third-order valence-corrected chi connectivity index (χ3v) is 5.27. The van der Waals surface area contributed by atoms with Crippen LogP contribution in [-0.2, 0) is 0 Å². The van der Waals surface area contributed by atoms with E-state index >= 15 is 0 Å². The van der Waals surface area contributed by atoms with E-state index in [0.29, 0.717) is 10.9 Å². The van der Waals surface area contributed by atoms with Gasteiger partial charge in [-0.25, -0.2) is 4.39 Å². The highest BCUT2D eigenvalue weighted by molar-refractivity contribution is 6.36. The van der Waals surface area contributed by atoms with E-state index in [0.717, 1.165) is 28.3 Å². The van der Waals surface area contributed by atoms with E-state index in [1.165, 1.54) is 6.07 Å². The summed E-state index contributed by atoms with van der Waals surface area (Å²) in [6.07, 6.45) is 5.32. The van der Waals surface area contributed by atoms with Gasteiger partial charge in [-0.15, -0.1) is 0 Å². The maximum atomic E-state index is 13.6. The summed E-state index contributed by atoms with van der Waals surface area (Å²) in [5.74, 6) is 0.325. The number of hydrogen-bond donors (Lipinski definition) is 1. The summed E-state index contributed by atoms with van der Waals surface area (Å²) >= 11 is 12.8. The van der Waals surface area contributed by atoms with Crippen LogP contribution in [0.15, 0.2) is 48.6 Å². The predicted molar refractivity (Wildman–Crippen MR) is 89.2 cm³/mol. The zero-order valence-corrected chi connectivity index (χ0v) is 13.2. The molecule has 0 bridgehead atoms. The highest BCUT2D eigenvalue weighted by Crippen LogP contribution is 2.53. The molecule has 2 aliphatic rings. The topological polar surface area (TPSA) is 12.0 Å². The zero-order chi connectivity index (χ0) is 15.3. The SMILES string of the molecule is Fc1cccc([C@@H]2Nc3c(Cl)ccc(Cl)c3[C@@H]3C=CC[C@@H]32)c1. The minimum absolute atomic E-state index is 0.0270. The Balaban J connectivity index is 1.86. The van der Waals surface area contributed by atoms with E-state index in [9.17, 15) is 4.39 Å². The first-order valence-electron chi connectivity index (χ1n) is 7.31. The molecule has 0 radical (unpaired) electrons. The molecule has 1 aliphatic carbocycles. The van der Waals surface area contributed by atoms with Gasteiger partial charge in [-0.2, -0.15) is 0 Å². The summed E-state index contributed by atoms with van der Waals surface area (Å²) in [6, 6.07) is 10.4. The molecule has 2 aromatic rings. The molecule has 4 heteroatoms. The van der Waals surface area contributed by atoms with Gasteiger partial charge in [0.05, 0.1) is 16.8 Å². The van der Waals surface area contributed by atoms with Gasteiger partial charge < -0.3 is 5.32 Å². The molecule has 1 N–H and O–H groups in total. The number of anilines is 1. The minimum atomic E-state index is -0.218. The van der Waals surface area contributed by atoms with Crippen LogP contribution in [0.4, 0.5) is 10.1 Å². The molecule has 0 spiro atoms. The summed E-state index contributed by atoms with van der Waals surface area (Å²) in [6.45, 7) is 0. The van der Waals surface area contributed by atoms with E-state index < -0.39 is 0 Å². The molecule has 0 amide bonds. The van der Waals surface area contributed by atoms with Gasteiger partial charge in [0, 0.05) is 16.5 Å². The van der Waals surface area contributed by atoms with Crippen molar-refractivity contribution in [2.24, 2.45) is 5.92 Å². The summed E-state index contributed by atoms with van der Waals surface area (Å²) in [5, 5.41) is 4.88. The van der Waals surface area contributed by atoms with Crippen LogP contribution in [0.25, 0.3) is 0 Å². The van der Waals surface area contributed by atoms with Gasteiger partial charge in [0.15, 0.2) is 0 Å². The summed E-state index contributed by atoms with van der Waals surface area (Å²) in [7, 11) is 0. The standard InChI is InChI=1S/C18H14Cl2FN/c19-14-7-8-15(20)18-16(14)12-5-2-6-13(12)17(22-18)10-3-1-4-11(21)9-10/h1-5,7-9,12-13,17,22H,6H2/t12-,13+,17+/m1/s1. The van der Waals surface area contributed by atoms with Crippen LogP contribution < -0.4 is 5.32 Å². The quantitative estimate of drug-likeness (QED) is 0.635. The van der Waals surface area contributed by atoms with Gasteiger partial charge in [-0.1, -0.05) is 47.5 Å². The lowest BCUT2D eigenvalue weighted by Crippen LogP contribution is -2.29. The summed E-state index contributed by atoms with van der Waals surface area (Å²) in [4.78, 5) is 0. The Kier molecular flexibility index (Phi) is 3.39. The first-order valence-corrected chi connectivity index (χ1v) is 8.07. The van der Waals surface area contributed by atoms with Crippen molar-refractivity contribution in [3.63, 3.8) is 0 Å². The highest BCUT2D eigenvalue weighted by Gasteiger charge is 2.39. The van der Waals surface area contributed by atoms with E-state index in [1.807, 2.05) is 12.1 Å². The largest absolute Gasteiger partial charge is 0.376 e. The smallest absolute Gasteiger partial charge is 0.123 e. The lowest BCUT2D eigenvalue weighted by molar-refractivity contribution is 0.424. The van der Waals surface area contributed by atoms with Crippen LogP contribution in [0, 0.1) is 11.7 Å². The molecule has 112 valence electrons. The number of halogens is 3. The van der Waals surface area contributed by atoms with E-state index in [1.54, 1.807) is 18.2 Å². The van der Waals surface area contributed by atoms with Crippen molar-refractivity contribution < 1.29 is 4.39 Å². The monoisotopic (exact) mass is 333 g/mol. The molecule has 1 heterocycles. The molecule has 22 heavy (non-hydrogen) atoms. The molecule has 2 aromatic carbocycles. The molecule has 0 saturated heterocycles. The second-order valence-electron chi connectivity index (χ2n) is 5.85. The second kappa shape index (κ2) is 5.29.